The molecule has 0 aliphatic heterocycles. The number of aliphatic carboxylic acids is 1. The molecule has 0 fully saturated rings. The SMILES string of the molecule is CC/C=C\C/C=C\C/C=C\C/C=C\CCC(CCCCCCCC(=O)NC(CCCN)C(=O)O)OC(=O)CCCCCCC/C=C\C/C=C\CCCC. The summed E-state index contributed by atoms with van der Waals surface area (Å²) in [7, 11) is 0. The summed E-state index contributed by atoms with van der Waals surface area (Å²) in [4.78, 5) is 36.3. The van der Waals surface area contributed by atoms with Gasteiger partial charge in [-0.25, -0.2) is 4.79 Å². The maximum atomic E-state index is 12.8. The Kier molecular flexibility index (Phi) is 37.6. The van der Waals surface area contributed by atoms with Gasteiger partial charge in [0, 0.05) is 12.8 Å². The number of carbonyl (C=O) groups excluding carboxylic acids is 2. The number of carboxylic acid groups (broad SMARTS) is 1. The molecule has 0 aromatic rings. The van der Waals surface area contributed by atoms with Crippen LogP contribution in [0.15, 0.2) is 72.9 Å². The molecule has 1 amide bonds. The van der Waals surface area contributed by atoms with Gasteiger partial charge in [-0.2, -0.15) is 0 Å². The lowest BCUT2D eigenvalue weighted by Gasteiger charge is -2.17. The number of unbranched alkanes of at least 4 members (excludes halogenated alkanes) is 11. The first-order valence-corrected chi connectivity index (χ1v) is 21.3. The summed E-state index contributed by atoms with van der Waals surface area (Å²) in [6.07, 6.45) is 50.8. The fraction of sp³-hybridized carbons (Fsp3) is 0.674. The zero-order valence-electron chi connectivity index (χ0n) is 33.8. The molecule has 0 radical (unpaired) electrons. The number of nitrogens with one attached hydrogen (secondary N) is 1. The van der Waals surface area contributed by atoms with Crippen molar-refractivity contribution in [1.29, 1.82) is 0 Å². The van der Waals surface area contributed by atoms with Gasteiger partial charge >= 0.3 is 11.9 Å². The van der Waals surface area contributed by atoms with Gasteiger partial charge in [0.2, 0.25) is 5.91 Å². The number of nitrogens with two attached hydrogens (primary N) is 1. The average Bonchev–Trinajstić information content (AvgIpc) is 3.14. The second-order valence-corrected chi connectivity index (χ2v) is 14.0. The van der Waals surface area contributed by atoms with Crippen LogP contribution in [0.4, 0.5) is 0 Å². The van der Waals surface area contributed by atoms with Gasteiger partial charge in [0.05, 0.1) is 0 Å². The smallest absolute Gasteiger partial charge is 0.326 e. The van der Waals surface area contributed by atoms with Crippen LogP contribution in [-0.2, 0) is 19.1 Å². The van der Waals surface area contributed by atoms with Gasteiger partial charge in [0.1, 0.15) is 12.1 Å². The maximum absolute atomic E-state index is 12.8. The summed E-state index contributed by atoms with van der Waals surface area (Å²) in [5.74, 6) is -1.31. The van der Waals surface area contributed by atoms with Crippen LogP contribution in [0.5, 0.6) is 0 Å². The zero-order valence-corrected chi connectivity index (χ0v) is 33.8. The van der Waals surface area contributed by atoms with Crippen LogP contribution in [0, 0.1) is 0 Å². The fourth-order valence-corrected chi connectivity index (χ4v) is 5.81. The molecule has 0 aromatic carbocycles. The molecule has 302 valence electrons. The van der Waals surface area contributed by atoms with Crippen molar-refractivity contribution in [3.05, 3.63) is 72.9 Å². The fourth-order valence-electron chi connectivity index (χ4n) is 5.81. The van der Waals surface area contributed by atoms with Crippen molar-refractivity contribution >= 4 is 17.8 Å². The number of amides is 1. The van der Waals surface area contributed by atoms with Gasteiger partial charge in [0.25, 0.3) is 0 Å². The highest BCUT2D eigenvalue weighted by atomic mass is 16.5. The summed E-state index contributed by atoms with van der Waals surface area (Å²) in [6.45, 7) is 4.77. The van der Waals surface area contributed by atoms with Crippen LogP contribution in [0.3, 0.4) is 0 Å². The molecule has 0 saturated carbocycles. The van der Waals surface area contributed by atoms with E-state index in [0.717, 1.165) is 109 Å². The number of carboxylic acids is 1. The Hall–Kier alpha value is -3.19. The predicted molar refractivity (Wildman–Crippen MR) is 225 cm³/mol. The lowest BCUT2D eigenvalue weighted by molar-refractivity contribution is -0.150. The van der Waals surface area contributed by atoms with Crippen molar-refractivity contribution in [3.8, 4) is 0 Å². The molecule has 0 bridgehead atoms. The summed E-state index contributed by atoms with van der Waals surface area (Å²) in [5.41, 5.74) is 5.48. The van der Waals surface area contributed by atoms with E-state index < -0.39 is 12.0 Å². The zero-order chi connectivity index (χ0) is 38.9. The highest BCUT2D eigenvalue weighted by Gasteiger charge is 2.19. The molecule has 0 aromatic heterocycles. The molecule has 2 unspecified atom stereocenters. The number of rotatable bonds is 37. The lowest BCUT2D eigenvalue weighted by atomic mass is 10.0. The molecule has 2 atom stereocenters. The standard InChI is InChI=1S/C46H78N2O5/c1-3-5-7-9-11-13-15-17-19-21-23-25-30-34-40-45(50)53-42(36-31-27-24-22-20-18-16-14-12-10-8-6-4-2)37-32-28-26-29-33-39-44(49)48-43(46(51)52)38-35-41-47/h6,8-9,11-12,14-15,17-18,20,24,27,42-43H,3-5,7,10,13,16,19,21-23,25-26,28-41,47H2,1-2H3,(H,48,49)(H,51,52)/b8-6-,11-9-,14-12-,17-15-,20-18-,27-24-. The quantitative estimate of drug-likeness (QED) is 0.0332. The Balaban J connectivity index is 4.49. The summed E-state index contributed by atoms with van der Waals surface area (Å²) < 4.78 is 5.99. The molecular weight excluding hydrogens is 661 g/mol. The van der Waals surface area contributed by atoms with E-state index in [1.54, 1.807) is 0 Å². The largest absolute Gasteiger partial charge is 0.480 e. The molecule has 0 aliphatic rings. The molecule has 0 rings (SSSR count). The second kappa shape index (κ2) is 40.0. The summed E-state index contributed by atoms with van der Waals surface area (Å²) in [5, 5.41) is 11.9. The van der Waals surface area contributed by atoms with Crippen LogP contribution in [0.1, 0.15) is 181 Å². The van der Waals surface area contributed by atoms with E-state index in [2.05, 4.69) is 92.1 Å². The Morgan fingerprint density at radius 1 is 0.566 bits per heavy atom. The number of ether oxygens (including phenoxy) is 1. The predicted octanol–water partition coefficient (Wildman–Crippen LogP) is 11.9. The number of hydrogen-bond acceptors (Lipinski definition) is 5. The molecule has 4 N–H and O–H groups in total. The van der Waals surface area contributed by atoms with E-state index in [-0.39, 0.29) is 18.0 Å². The Labute approximate surface area is 324 Å². The van der Waals surface area contributed by atoms with Crippen molar-refractivity contribution in [2.45, 2.75) is 193 Å². The van der Waals surface area contributed by atoms with Crippen LogP contribution in [-0.4, -0.2) is 41.6 Å². The molecule has 0 saturated heterocycles. The monoisotopic (exact) mass is 739 g/mol. The maximum Gasteiger partial charge on any atom is 0.326 e. The molecular formula is C46H78N2O5. The second-order valence-electron chi connectivity index (χ2n) is 14.0. The van der Waals surface area contributed by atoms with E-state index in [9.17, 15) is 19.5 Å². The van der Waals surface area contributed by atoms with Gasteiger partial charge in [-0.05, 0) is 109 Å². The Morgan fingerprint density at radius 3 is 1.66 bits per heavy atom. The molecule has 0 spiro atoms. The van der Waals surface area contributed by atoms with Gasteiger partial charge in [0.15, 0.2) is 0 Å². The normalized spacial score (nSPS) is 13.4. The number of hydrogen-bond donors (Lipinski definition) is 3. The first-order chi connectivity index (χ1) is 25.9. The molecule has 7 heteroatoms. The first-order valence-electron chi connectivity index (χ1n) is 21.3. The third-order valence-electron chi connectivity index (χ3n) is 9.01. The third kappa shape index (κ3) is 36.9. The van der Waals surface area contributed by atoms with Crippen LogP contribution < -0.4 is 11.1 Å². The van der Waals surface area contributed by atoms with Crippen molar-refractivity contribution in [1.82, 2.24) is 5.32 Å². The minimum Gasteiger partial charge on any atom is -0.480 e. The average molecular weight is 739 g/mol. The van der Waals surface area contributed by atoms with Crippen molar-refractivity contribution < 1.29 is 24.2 Å². The van der Waals surface area contributed by atoms with E-state index in [0.29, 0.717) is 32.2 Å². The third-order valence-corrected chi connectivity index (χ3v) is 9.01. The Bertz CT molecular complexity index is 1060. The lowest BCUT2D eigenvalue weighted by Crippen LogP contribution is -2.40. The minimum atomic E-state index is -1.01. The van der Waals surface area contributed by atoms with Gasteiger partial charge < -0.3 is 20.9 Å². The van der Waals surface area contributed by atoms with Crippen LogP contribution in [0.2, 0.25) is 0 Å². The van der Waals surface area contributed by atoms with Crippen LogP contribution in [0.25, 0.3) is 0 Å². The first kappa shape index (κ1) is 49.8. The molecule has 53 heavy (non-hydrogen) atoms. The van der Waals surface area contributed by atoms with Crippen molar-refractivity contribution in [2.75, 3.05) is 6.54 Å². The van der Waals surface area contributed by atoms with E-state index in [1.807, 2.05) is 0 Å². The topological polar surface area (TPSA) is 119 Å². The van der Waals surface area contributed by atoms with Gasteiger partial charge in [-0.15, -0.1) is 0 Å². The number of allylic oxidation sites excluding steroid dienone is 12. The van der Waals surface area contributed by atoms with Crippen molar-refractivity contribution in [2.24, 2.45) is 5.73 Å². The highest BCUT2D eigenvalue weighted by Crippen LogP contribution is 2.17. The summed E-state index contributed by atoms with van der Waals surface area (Å²) >= 11 is 0. The van der Waals surface area contributed by atoms with E-state index in [4.69, 9.17) is 10.5 Å². The van der Waals surface area contributed by atoms with Crippen LogP contribution >= 0.6 is 0 Å². The minimum absolute atomic E-state index is 0.0740. The molecule has 0 heterocycles. The highest BCUT2D eigenvalue weighted by molar-refractivity contribution is 5.83. The molecule has 0 aliphatic carbocycles. The number of carbonyl (C=O) groups is 3. The van der Waals surface area contributed by atoms with E-state index in [1.165, 1.54) is 32.1 Å². The Morgan fingerprint density at radius 2 is 1.08 bits per heavy atom. The van der Waals surface area contributed by atoms with Crippen molar-refractivity contribution in [3.63, 3.8) is 0 Å². The van der Waals surface area contributed by atoms with Gasteiger partial charge in [-0.3, -0.25) is 9.59 Å². The van der Waals surface area contributed by atoms with E-state index >= 15 is 0 Å². The number of esters is 1. The summed E-state index contributed by atoms with van der Waals surface area (Å²) in [6, 6.07) is -0.868. The molecule has 7 nitrogen and oxygen atoms in total. The van der Waals surface area contributed by atoms with Gasteiger partial charge in [-0.1, -0.05) is 138 Å².